The predicted molar refractivity (Wildman–Crippen MR) is 82.6 cm³/mol. The Labute approximate surface area is 136 Å². The van der Waals surface area contributed by atoms with E-state index in [1.54, 1.807) is 11.6 Å². The van der Waals surface area contributed by atoms with Gasteiger partial charge in [0.1, 0.15) is 0 Å². The van der Waals surface area contributed by atoms with Gasteiger partial charge in [-0.1, -0.05) is 0 Å². The summed E-state index contributed by atoms with van der Waals surface area (Å²) in [5, 5.41) is 19.6. The summed E-state index contributed by atoms with van der Waals surface area (Å²) in [6.45, 7) is 1.68. The first kappa shape index (κ1) is 14.1. The molecule has 0 aromatic carbocycles. The smallest absolute Gasteiger partial charge is 0.358 e. The number of hydrogen-bond acceptors (Lipinski definition) is 6. The molecule has 2 aromatic rings. The molecular weight excluding hydrogens is 312 g/mol. The molecule has 0 radical (unpaired) electrons. The molecular formula is C15H18N6O3. The molecule has 9 nitrogen and oxygen atoms in total. The van der Waals surface area contributed by atoms with Gasteiger partial charge < -0.3 is 10.1 Å². The van der Waals surface area contributed by atoms with Crippen molar-refractivity contribution in [2.75, 3.05) is 0 Å². The lowest BCUT2D eigenvalue weighted by Crippen LogP contribution is -2.53. The minimum atomic E-state index is -0.809. The Kier molecular flexibility index (Phi) is 2.58. The Bertz CT molecular complexity index is 894. The van der Waals surface area contributed by atoms with Gasteiger partial charge in [0.2, 0.25) is 0 Å². The molecule has 4 aliphatic carbocycles. The van der Waals surface area contributed by atoms with Gasteiger partial charge in [-0.15, -0.1) is 9.78 Å². The zero-order chi connectivity index (χ0) is 16.6. The first-order valence-corrected chi connectivity index (χ1v) is 8.47. The molecule has 0 aliphatic heterocycles. The van der Waals surface area contributed by atoms with E-state index in [1.807, 2.05) is 0 Å². The fraction of sp³-hybridized carbons (Fsp3) is 0.733. The summed E-state index contributed by atoms with van der Waals surface area (Å²) < 4.78 is 2.73. The van der Waals surface area contributed by atoms with Crippen LogP contribution >= 0.6 is 0 Å². The van der Waals surface area contributed by atoms with Crippen LogP contribution < -0.4 is 5.56 Å². The van der Waals surface area contributed by atoms with Crippen molar-refractivity contribution in [3.63, 3.8) is 0 Å². The van der Waals surface area contributed by atoms with Gasteiger partial charge in [-0.05, 0) is 68.1 Å². The number of aromatic nitrogens is 5. The molecule has 4 bridgehead atoms. The molecule has 0 amide bonds. The largest absolute Gasteiger partial charge is 0.455 e. The van der Waals surface area contributed by atoms with E-state index >= 15 is 0 Å². The van der Waals surface area contributed by atoms with Crippen LogP contribution in [0.1, 0.15) is 44.3 Å². The van der Waals surface area contributed by atoms with Crippen molar-refractivity contribution >= 4 is 11.6 Å². The zero-order valence-electron chi connectivity index (χ0n) is 13.4. The molecule has 2 aromatic heterocycles. The van der Waals surface area contributed by atoms with Gasteiger partial charge in [-0.3, -0.25) is 4.79 Å². The molecule has 0 atom stereocenters. The highest BCUT2D eigenvalue weighted by Gasteiger charge is 2.54. The molecule has 126 valence electrons. The van der Waals surface area contributed by atoms with Crippen LogP contribution in [0.5, 0.6) is 0 Å². The van der Waals surface area contributed by atoms with Gasteiger partial charge in [0.25, 0.3) is 5.78 Å². The molecule has 4 saturated carbocycles. The lowest BCUT2D eigenvalue weighted by atomic mass is 9.53. The second-order valence-electron chi connectivity index (χ2n) is 7.81. The van der Waals surface area contributed by atoms with Crippen LogP contribution in [-0.2, 0) is 5.54 Å². The van der Waals surface area contributed by atoms with Crippen molar-refractivity contribution in [1.29, 1.82) is 0 Å². The van der Waals surface area contributed by atoms with Crippen molar-refractivity contribution in [3.05, 3.63) is 26.3 Å². The molecule has 2 heterocycles. The molecule has 0 saturated heterocycles. The van der Waals surface area contributed by atoms with Crippen LogP contribution in [0.25, 0.3) is 5.78 Å². The van der Waals surface area contributed by atoms with Gasteiger partial charge in [0.15, 0.2) is 5.82 Å². The summed E-state index contributed by atoms with van der Waals surface area (Å²) in [6.07, 6.45) is 6.66. The highest BCUT2D eigenvalue weighted by molar-refractivity contribution is 5.32. The van der Waals surface area contributed by atoms with Crippen molar-refractivity contribution in [2.45, 2.75) is 51.0 Å². The van der Waals surface area contributed by atoms with Gasteiger partial charge in [0, 0.05) is 0 Å². The minimum Gasteiger partial charge on any atom is -0.358 e. The van der Waals surface area contributed by atoms with E-state index in [0.717, 1.165) is 23.8 Å². The summed E-state index contributed by atoms with van der Waals surface area (Å²) >= 11 is 0. The third-order valence-electron chi connectivity index (χ3n) is 6.09. The highest BCUT2D eigenvalue weighted by Crippen LogP contribution is 2.58. The minimum absolute atomic E-state index is 0.256. The number of fused-ring (bicyclic) bond motifs is 1. The average molecular weight is 330 g/mol. The SMILES string of the molecule is Cc1nc2n(C34CC5CC(CC(C5)C3)C4)nc([N+](=O)[O-])c(=O)n2n1. The van der Waals surface area contributed by atoms with Crippen molar-refractivity contribution in [1.82, 2.24) is 24.4 Å². The number of aryl methyl sites for hydroxylation is 1. The molecule has 4 aliphatic rings. The predicted octanol–water partition coefficient (Wildman–Crippen LogP) is 1.43. The third kappa shape index (κ3) is 1.75. The maximum Gasteiger partial charge on any atom is 0.455 e. The van der Waals surface area contributed by atoms with Gasteiger partial charge in [-0.2, -0.15) is 9.50 Å². The molecule has 24 heavy (non-hydrogen) atoms. The van der Waals surface area contributed by atoms with Crippen molar-refractivity contribution in [3.8, 4) is 0 Å². The zero-order valence-corrected chi connectivity index (χ0v) is 13.4. The normalized spacial score (nSPS) is 34.1. The summed E-state index contributed by atoms with van der Waals surface area (Å²) in [4.78, 5) is 27.3. The first-order valence-electron chi connectivity index (χ1n) is 8.47. The second kappa shape index (κ2) is 4.40. The maximum atomic E-state index is 12.3. The topological polar surface area (TPSA) is 108 Å². The van der Waals surface area contributed by atoms with Gasteiger partial charge >= 0.3 is 11.4 Å². The molecule has 0 N–H and O–H groups in total. The fourth-order valence-electron chi connectivity index (χ4n) is 5.71. The second-order valence-corrected chi connectivity index (χ2v) is 7.81. The molecule has 0 unspecified atom stereocenters. The number of hydrogen-bond donors (Lipinski definition) is 0. The average Bonchev–Trinajstić information content (AvgIpc) is 2.87. The number of nitrogens with zero attached hydrogens (tertiary/aromatic N) is 6. The number of rotatable bonds is 2. The lowest BCUT2D eigenvalue weighted by molar-refractivity contribution is -0.392. The van der Waals surface area contributed by atoms with Crippen molar-refractivity contribution < 1.29 is 4.92 Å². The van der Waals surface area contributed by atoms with Crippen LogP contribution in [0.2, 0.25) is 0 Å². The summed E-state index contributed by atoms with van der Waals surface area (Å²) in [5.41, 5.74) is -1.06. The first-order chi connectivity index (χ1) is 11.4. The lowest BCUT2D eigenvalue weighted by Gasteiger charge is -2.55. The Hall–Kier alpha value is -2.32. The molecule has 4 fully saturated rings. The van der Waals surface area contributed by atoms with Crippen molar-refractivity contribution in [2.24, 2.45) is 17.8 Å². The molecule has 6 rings (SSSR count). The molecule has 0 spiro atoms. The quantitative estimate of drug-likeness (QED) is 0.609. The van der Waals surface area contributed by atoms with Crippen LogP contribution in [0.15, 0.2) is 4.79 Å². The van der Waals surface area contributed by atoms with Crippen LogP contribution in [0.3, 0.4) is 0 Å². The summed E-state index contributed by atoms with van der Waals surface area (Å²) in [5.74, 6) is 2.06. The van der Waals surface area contributed by atoms with E-state index in [2.05, 4.69) is 15.2 Å². The summed E-state index contributed by atoms with van der Waals surface area (Å²) in [7, 11) is 0. The maximum absolute atomic E-state index is 12.3. The third-order valence-corrected chi connectivity index (χ3v) is 6.09. The van der Waals surface area contributed by atoms with E-state index in [4.69, 9.17) is 0 Å². The fourth-order valence-corrected chi connectivity index (χ4v) is 5.71. The van der Waals surface area contributed by atoms with Crippen LogP contribution in [0, 0.1) is 34.8 Å². The van der Waals surface area contributed by atoms with E-state index in [1.165, 1.54) is 19.3 Å². The van der Waals surface area contributed by atoms with Crippen LogP contribution in [-0.4, -0.2) is 29.3 Å². The van der Waals surface area contributed by atoms with Gasteiger partial charge in [0.05, 0.1) is 10.6 Å². The van der Waals surface area contributed by atoms with E-state index < -0.39 is 16.3 Å². The van der Waals surface area contributed by atoms with E-state index in [9.17, 15) is 14.9 Å². The molecule has 9 heteroatoms. The van der Waals surface area contributed by atoms with E-state index in [0.29, 0.717) is 29.4 Å². The standard InChI is InChI=1S/C15H18N6O3/c1-8-16-14-19(17-8)13(22)12(21(23)24)18-20(14)15-5-9-2-10(6-15)4-11(3-9)7-15/h9-11H,2-7H2,1H3. The number of nitro groups is 1. The summed E-state index contributed by atoms with van der Waals surface area (Å²) in [6, 6.07) is 0. The Balaban J connectivity index is 1.79. The highest BCUT2D eigenvalue weighted by atomic mass is 16.6. The van der Waals surface area contributed by atoms with Crippen LogP contribution in [0.4, 0.5) is 5.82 Å². The Morgan fingerprint density at radius 1 is 1.12 bits per heavy atom. The van der Waals surface area contributed by atoms with Gasteiger partial charge in [-0.25, -0.2) is 0 Å². The Morgan fingerprint density at radius 3 is 2.25 bits per heavy atom. The monoisotopic (exact) mass is 330 g/mol. The Morgan fingerprint density at radius 2 is 1.71 bits per heavy atom. The van der Waals surface area contributed by atoms with E-state index in [-0.39, 0.29) is 5.54 Å².